The molecule has 0 aromatic carbocycles. The van der Waals surface area contributed by atoms with Crippen LogP contribution >= 0.6 is 0 Å². The molecular formula is C17H29N5O. The van der Waals surface area contributed by atoms with Crippen molar-refractivity contribution in [2.24, 2.45) is 0 Å². The van der Waals surface area contributed by atoms with E-state index in [1.54, 1.807) is 0 Å². The number of nitrogens with one attached hydrogen (secondary N) is 1. The van der Waals surface area contributed by atoms with Gasteiger partial charge in [0.05, 0.1) is 6.20 Å². The number of aryl methyl sites for hydroxylation is 1. The number of aromatic amines is 1. The summed E-state index contributed by atoms with van der Waals surface area (Å²) in [6.07, 6.45) is 8.55. The molecule has 1 aromatic rings. The molecule has 23 heavy (non-hydrogen) atoms. The maximum absolute atomic E-state index is 12.6. The number of carbonyl (C=O) groups excluding carboxylic acids is 1. The van der Waals surface area contributed by atoms with Gasteiger partial charge in [-0.25, -0.2) is 0 Å². The first-order chi connectivity index (χ1) is 11.1. The third-order valence-electron chi connectivity index (χ3n) is 5.68. The van der Waals surface area contributed by atoms with Crippen molar-refractivity contribution in [3.8, 4) is 0 Å². The molecule has 0 aliphatic carbocycles. The molecule has 0 unspecified atom stereocenters. The predicted molar refractivity (Wildman–Crippen MR) is 90.2 cm³/mol. The summed E-state index contributed by atoms with van der Waals surface area (Å²) in [7, 11) is 4.42. The molecule has 2 aliphatic rings. The van der Waals surface area contributed by atoms with Crippen molar-refractivity contribution in [1.29, 1.82) is 0 Å². The highest BCUT2D eigenvalue weighted by molar-refractivity contribution is 5.76. The predicted octanol–water partition coefficient (Wildman–Crippen LogP) is 0.971. The second-order valence-corrected chi connectivity index (χ2v) is 7.22. The van der Waals surface area contributed by atoms with E-state index in [1.165, 1.54) is 18.4 Å². The summed E-state index contributed by atoms with van der Waals surface area (Å²) in [6, 6.07) is 0. The Labute approximate surface area is 138 Å². The Morgan fingerprint density at radius 3 is 2.74 bits per heavy atom. The van der Waals surface area contributed by atoms with E-state index in [2.05, 4.69) is 39.0 Å². The van der Waals surface area contributed by atoms with Crippen molar-refractivity contribution in [2.45, 2.75) is 37.6 Å². The molecule has 1 N–H and O–H groups in total. The number of likely N-dealkylation sites (tertiary alicyclic amines) is 1. The molecule has 6 heteroatoms. The van der Waals surface area contributed by atoms with E-state index in [4.69, 9.17) is 0 Å². The van der Waals surface area contributed by atoms with Crippen molar-refractivity contribution in [3.63, 3.8) is 0 Å². The van der Waals surface area contributed by atoms with Gasteiger partial charge in [-0.2, -0.15) is 5.10 Å². The summed E-state index contributed by atoms with van der Waals surface area (Å²) in [5.41, 5.74) is 1.38. The summed E-state index contributed by atoms with van der Waals surface area (Å²) in [4.78, 5) is 19.6. The zero-order valence-corrected chi connectivity index (χ0v) is 14.4. The van der Waals surface area contributed by atoms with Gasteiger partial charge in [0.1, 0.15) is 0 Å². The standard InChI is InChI=1S/C17H29N5O/c1-20-8-6-17(7-9-20)14-22(11-10-21(17)2)16(23)5-3-4-15-12-18-19-13-15/h12-13H,3-11,14H2,1-2H3,(H,18,19). The van der Waals surface area contributed by atoms with Crippen LogP contribution in [0.2, 0.25) is 0 Å². The van der Waals surface area contributed by atoms with Gasteiger partial charge < -0.3 is 9.80 Å². The van der Waals surface area contributed by atoms with E-state index in [0.29, 0.717) is 12.3 Å². The fourth-order valence-electron chi connectivity index (χ4n) is 3.87. The SMILES string of the molecule is CN1CCC2(CC1)CN(C(=O)CCCc1cn[nH]c1)CCN2C. The molecule has 1 aromatic heterocycles. The Bertz CT molecular complexity index is 507. The molecule has 128 valence electrons. The molecule has 2 fully saturated rings. The van der Waals surface area contributed by atoms with E-state index >= 15 is 0 Å². The molecule has 0 radical (unpaired) electrons. The van der Waals surface area contributed by atoms with Crippen LogP contribution in [0.1, 0.15) is 31.2 Å². The first-order valence-corrected chi connectivity index (χ1v) is 8.74. The molecule has 6 nitrogen and oxygen atoms in total. The van der Waals surface area contributed by atoms with Gasteiger partial charge in [0.15, 0.2) is 0 Å². The van der Waals surface area contributed by atoms with Crippen molar-refractivity contribution >= 4 is 5.91 Å². The lowest BCUT2D eigenvalue weighted by Gasteiger charge is -2.52. The van der Waals surface area contributed by atoms with Gasteiger partial charge in [0, 0.05) is 37.8 Å². The summed E-state index contributed by atoms with van der Waals surface area (Å²) < 4.78 is 0. The highest BCUT2D eigenvalue weighted by atomic mass is 16.2. The monoisotopic (exact) mass is 319 g/mol. The second-order valence-electron chi connectivity index (χ2n) is 7.22. The van der Waals surface area contributed by atoms with Crippen LogP contribution in [0.15, 0.2) is 12.4 Å². The lowest BCUT2D eigenvalue weighted by Crippen LogP contribution is -2.64. The number of aromatic nitrogens is 2. The van der Waals surface area contributed by atoms with Crippen LogP contribution in [0, 0.1) is 0 Å². The van der Waals surface area contributed by atoms with Gasteiger partial charge in [-0.1, -0.05) is 0 Å². The van der Waals surface area contributed by atoms with Crippen LogP contribution < -0.4 is 0 Å². The van der Waals surface area contributed by atoms with Crippen molar-refractivity contribution < 1.29 is 4.79 Å². The van der Waals surface area contributed by atoms with E-state index in [-0.39, 0.29) is 5.54 Å². The molecule has 0 bridgehead atoms. The molecular weight excluding hydrogens is 290 g/mol. The first kappa shape index (κ1) is 16.5. The van der Waals surface area contributed by atoms with E-state index < -0.39 is 0 Å². The fraction of sp³-hybridized carbons (Fsp3) is 0.765. The van der Waals surface area contributed by atoms with Crippen molar-refractivity contribution in [2.75, 3.05) is 46.8 Å². The topological polar surface area (TPSA) is 55.5 Å². The zero-order chi connectivity index (χ0) is 16.3. The summed E-state index contributed by atoms with van der Waals surface area (Å²) in [5, 5.41) is 6.78. The minimum Gasteiger partial charge on any atom is -0.340 e. The molecule has 2 aliphatic heterocycles. The summed E-state index contributed by atoms with van der Waals surface area (Å²) in [5.74, 6) is 0.319. The first-order valence-electron chi connectivity index (χ1n) is 8.74. The molecule has 3 heterocycles. The highest BCUT2D eigenvalue weighted by Crippen LogP contribution is 2.31. The average molecular weight is 319 g/mol. The highest BCUT2D eigenvalue weighted by Gasteiger charge is 2.42. The number of hydrogen-bond donors (Lipinski definition) is 1. The maximum atomic E-state index is 12.6. The Balaban J connectivity index is 1.52. The molecule has 1 spiro atoms. The van der Waals surface area contributed by atoms with E-state index in [0.717, 1.165) is 45.6 Å². The minimum absolute atomic E-state index is 0.199. The number of H-pyrrole nitrogens is 1. The molecule has 1 amide bonds. The van der Waals surface area contributed by atoms with Crippen LogP contribution in [-0.4, -0.2) is 83.2 Å². The average Bonchev–Trinajstić information content (AvgIpc) is 3.06. The lowest BCUT2D eigenvalue weighted by molar-refractivity contribution is -0.138. The van der Waals surface area contributed by atoms with Gasteiger partial charge in [0.2, 0.25) is 5.91 Å². The van der Waals surface area contributed by atoms with Gasteiger partial charge in [-0.15, -0.1) is 0 Å². The van der Waals surface area contributed by atoms with Crippen molar-refractivity contribution in [3.05, 3.63) is 18.0 Å². The Morgan fingerprint density at radius 2 is 2.04 bits per heavy atom. The number of piperazine rings is 1. The summed E-state index contributed by atoms with van der Waals surface area (Å²) >= 11 is 0. The molecule has 0 saturated carbocycles. The Morgan fingerprint density at radius 1 is 1.26 bits per heavy atom. The lowest BCUT2D eigenvalue weighted by atomic mass is 9.83. The number of carbonyl (C=O) groups is 1. The van der Waals surface area contributed by atoms with Crippen LogP contribution in [0.3, 0.4) is 0 Å². The smallest absolute Gasteiger partial charge is 0.222 e. The zero-order valence-electron chi connectivity index (χ0n) is 14.4. The summed E-state index contributed by atoms with van der Waals surface area (Å²) in [6.45, 7) is 5.04. The largest absolute Gasteiger partial charge is 0.340 e. The van der Waals surface area contributed by atoms with E-state index in [9.17, 15) is 4.79 Å². The van der Waals surface area contributed by atoms with Gasteiger partial charge in [-0.3, -0.25) is 14.8 Å². The quantitative estimate of drug-likeness (QED) is 0.898. The normalized spacial score (nSPS) is 22.6. The van der Waals surface area contributed by atoms with Gasteiger partial charge in [-0.05, 0) is 58.4 Å². The van der Waals surface area contributed by atoms with E-state index in [1.807, 2.05) is 12.4 Å². The van der Waals surface area contributed by atoms with Gasteiger partial charge in [0.25, 0.3) is 0 Å². The Hall–Kier alpha value is -1.40. The Kier molecular flexibility index (Phi) is 5.02. The number of piperidine rings is 1. The minimum atomic E-state index is 0.199. The number of rotatable bonds is 4. The molecule has 3 rings (SSSR count). The third-order valence-corrected chi connectivity index (χ3v) is 5.68. The number of likely N-dealkylation sites (N-methyl/N-ethyl adjacent to an activating group) is 1. The second kappa shape index (κ2) is 7.01. The molecule has 0 atom stereocenters. The number of amides is 1. The van der Waals surface area contributed by atoms with Crippen LogP contribution in [0.4, 0.5) is 0 Å². The maximum Gasteiger partial charge on any atom is 0.222 e. The third kappa shape index (κ3) is 3.75. The van der Waals surface area contributed by atoms with Crippen LogP contribution in [0.5, 0.6) is 0 Å². The van der Waals surface area contributed by atoms with Crippen LogP contribution in [0.25, 0.3) is 0 Å². The van der Waals surface area contributed by atoms with Gasteiger partial charge >= 0.3 is 0 Å². The fourth-order valence-corrected chi connectivity index (χ4v) is 3.87. The number of nitrogens with zero attached hydrogens (tertiary/aromatic N) is 4. The molecule has 2 saturated heterocycles. The van der Waals surface area contributed by atoms with Crippen LogP contribution in [-0.2, 0) is 11.2 Å². The van der Waals surface area contributed by atoms with Crippen molar-refractivity contribution in [1.82, 2.24) is 24.9 Å². The number of hydrogen-bond acceptors (Lipinski definition) is 4.